The summed E-state index contributed by atoms with van der Waals surface area (Å²) in [6.07, 6.45) is 19.0. The Hall–Kier alpha value is -1.51. The van der Waals surface area contributed by atoms with Gasteiger partial charge in [-0.2, -0.15) is 0 Å². The Bertz CT molecular complexity index is 387. The van der Waals surface area contributed by atoms with Crippen molar-refractivity contribution >= 4 is 5.78 Å². The lowest BCUT2D eigenvalue weighted by molar-refractivity contribution is -0.118. The number of hydrogen-bond acceptors (Lipinski definition) is 3. The fraction of sp³-hybridized carbons (Fsp3) is 0.588. The summed E-state index contributed by atoms with van der Waals surface area (Å²) in [5, 5.41) is 0. The Morgan fingerprint density at radius 3 is 2.60 bits per heavy atom. The number of ketones is 1. The number of allylic oxidation sites excluding steroid dienone is 2. The molecule has 0 N–H and O–H groups in total. The molecule has 1 aromatic heterocycles. The molecule has 0 aliphatic rings. The predicted octanol–water partition coefficient (Wildman–Crippen LogP) is 4.29. The average Bonchev–Trinajstić information content (AvgIpc) is 2.50. The van der Waals surface area contributed by atoms with Crippen LogP contribution in [0.4, 0.5) is 0 Å². The lowest BCUT2D eigenvalue weighted by Crippen LogP contribution is -1.93. The molecule has 0 saturated heterocycles. The van der Waals surface area contributed by atoms with Crippen molar-refractivity contribution < 1.29 is 4.79 Å². The van der Waals surface area contributed by atoms with E-state index in [1.807, 2.05) is 13.1 Å². The molecule has 1 heterocycles. The Balaban J connectivity index is 1.90. The highest BCUT2D eigenvalue weighted by Gasteiger charge is 1.96. The summed E-state index contributed by atoms with van der Waals surface area (Å²) >= 11 is 0. The second kappa shape index (κ2) is 11.3. The third kappa shape index (κ3) is 8.57. The minimum absolute atomic E-state index is 0.377. The van der Waals surface area contributed by atoms with Crippen LogP contribution in [-0.2, 0) is 11.2 Å². The molecule has 3 heteroatoms. The van der Waals surface area contributed by atoms with E-state index in [0.29, 0.717) is 12.2 Å². The zero-order valence-electron chi connectivity index (χ0n) is 12.6. The highest BCUT2D eigenvalue weighted by molar-refractivity contribution is 5.77. The Kier molecular flexibility index (Phi) is 9.37. The van der Waals surface area contributed by atoms with Gasteiger partial charge < -0.3 is 0 Å². The zero-order chi connectivity index (χ0) is 14.5. The van der Waals surface area contributed by atoms with Crippen molar-refractivity contribution in [1.29, 1.82) is 0 Å². The van der Waals surface area contributed by atoms with Gasteiger partial charge in [-0.05, 0) is 38.5 Å². The third-order valence-corrected chi connectivity index (χ3v) is 3.31. The highest BCUT2D eigenvalue weighted by atomic mass is 16.1. The van der Waals surface area contributed by atoms with Gasteiger partial charge in [0.15, 0.2) is 0 Å². The summed E-state index contributed by atoms with van der Waals surface area (Å²) in [4.78, 5) is 19.4. The molecule has 20 heavy (non-hydrogen) atoms. The molecule has 0 saturated carbocycles. The summed E-state index contributed by atoms with van der Waals surface area (Å²) in [6.45, 7) is 1.93. The zero-order valence-corrected chi connectivity index (χ0v) is 12.6. The van der Waals surface area contributed by atoms with Crippen LogP contribution in [0.3, 0.4) is 0 Å². The maximum Gasteiger partial charge on any atom is 0.132 e. The van der Waals surface area contributed by atoms with E-state index < -0.39 is 0 Å². The van der Waals surface area contributed by atoms with Crippen molar-refractivity contribution in [3.63, 3.8) is 0 Å². The van der Waals surface area contributed by atoms with Gasteiger partial charge in [-0.15, -0.1) is 0 Å². The van der Waals surface area contributed by atoms with Gasteiger partial charge in [0.2, 0.25) is 0 Å². The van der Waals surface area contributed by atoms with Gasteiger partial charge in [-0.1, -0.05) is 25.5 Å². The highest BCUT2D eigenvalue weighted by Crippen LogP contribution is 2.06. The minimum atomic E-state index is 0.377. The van der Waals surface area contributed by atoms with Gasteiger partial charge >= 0.3 is 0 Å². The van der Waals surface area contributed by atoms with Crippen LogP contribution >= 0.6 is 0 Å². The fourth-order valence-corrected chi connectivity index (χ4v) is 2.03. The van der Waals surface area contributed by atoms with Gasteiger partial charge in [0.25, 0.3) is 0 Å². The molecule has 0 atom stereocenters. The molecule has 0 amide bonds. The molecule has 0 fully saturated rings. The topological polar surface area (TPSA) is 42.9 Å². The first-order chi connectivity index (χ1) is 9.83. The molecule has 110 valence electrons. The lowest BCUT2D eigenvalue weighted by atomic mass is 10.1. The summed E-state index contributed by atoms with van der Waals surface area (Å²) in [7, 11) is 0. The molecule has 1 rings (SSSR count). The lowest BCUT2D eigenvalue weighted by Gasteiger charge is -1.99. The molecule has 0 aliphatic heterocycles. The summed E-state index contributed by atoms with van der Waals surface area (Å²) in [5.74, 6) is 0.377. The molecule has 0 unspecified atom stereocenters. The van der Waals surface area contributed by atoms with E-state index >= 15 is 0 Å². The molecule has 0 radical (unpaired) electrons. The van der Waals surface area contributed by atoms with Crippen molar-refractivity contribution in [3.8, 4) is 0 Å². The van der Waals surface area contributed by atoms with Crippen LogP contribution in [0, 0.1) is 0 Å². The van der Waals surface area contributed by atoms with Gasteiger partial charge in [0.05, 0.1) is 5.69 Å². The molecular weight excluding hydrogens is 248 g/mol. The maximum atomic E-state index is 11.1. The molecule has 0 aliphatic carbocycles. The van der Waals surface area contributed by atoms with Crippen molar-refractivity contribution in [2.45, 2.75) is 64.7 Å². The van der Waals surface area contributed by atoms with Crippen LogP contribution in [-0.4, -0.2) is 15.8 Å². The first-order valence-electron chi connectivity index (χ1n) is 7.74. The predicted molar refractivity (Wildman–Crippen MR) is 82.5 cm³/mol. The quantitative estimate of drug-likeness (QED) is 0.446. The van der Waals surface area contributed by atoms with Crippen LogP contribution in [0.1, 0.15) is 64.0 Å². The number of carbonyl (C=O) groups excluding carboxylic acids is 1. The first-order valence-corrected chi connectivity index (χ1v) is 7.74. The normalized spacial score (nSPS) is 11.1. The number of Topliss-reactive ketones (excluding diaryl/α,β-unsaturated/α-hetero) is 1. The minimum Gasteiger partial charge on any atom is -0.300 e. The van der Waals surface area contributed by atoms with Gasteiger partial charge in [-0.25, -0.2) is 0 Å². The van der Waals surface area contributed by atoms with Gasteiger partial charge in [0.1, 0.15) is 5.78 Å². The molecular formula is C17H26N2O. The van der Waals surface area contributed by atoms with Crippen molar-refractivity contribution in [2.75, 3.05) is 0 Å². The van der Waals surface area contributed by atoms with Crippen LogP contribution in [0.15, 0.2) is 30.7 Å². The summed E-state index contributed by atoms with van der Waals surface area (Å²) in [6, 6.07) is 0. The number of nitrogens with zero attached hydrogens (tertiary/aromatic N) is 2. The van der Waals surface area contributed by atoms with Crippen molar-refractivity contribution in [1.82, 2.24) is 9.97 Å². The summed E-state index contributed by atoms with van der Waals surface area (Å²) in [5.41, 5.74) is 1.09. The Morgan fingerprint density at radius 1 is 1.10 bits per heavy atom. The first kappa shape index (κ1) is 16.5. The molecule has 0 bridgehead atoms. The number of rotatable bonds is 11. The largest absolute Gasteiger partial charge is 0.300 e. The van der Waals surface area contributed by atoms with Crippen LogP contribution < -0.4 is 0 Å². The van der Waals surface area contributed by atoms with E-state index in [4.69, 9.17) is 0 Å². The average molecular weight is 274 g/mol. The second-order valence-electron chi connectivity index (χ2n) is 5.05. The smallest absolute Gasteiger partial charge is 0.132 e. The van der Waals surface area contributed by atoms with E-state index in [0.717, 1.165) is 37.8 Å². The van der Waals surface area contributed by atoms with Gasteiger partial charge in [-0.3, -0.25) is 14.8 Å². The fourth-order valence-electron chi connectivity index (χ4n) is 2.03. The van der Waals surface area contributed by atoms with Gasteiger partial charge in [0, 0.05) is 31.4 Å². The number of hydrogen-bond donors (Lipinski definition) is 0. The Labute approximate surface area is 122 Å². The molecule has 1 aromatic rings. The third-order valence-electron chi connectivity index (χ3n) is 3.31. The summed E-state index contributed by atoms with van der Waals surface area (Å²) < 4.78 is 0. The van der Waals surface area contributed by atoms with E-state index in [1.54, 1.807) is 12.4 Å². The Morgan fingerprint density at radius 2 is 1.90 bits per heavy atom. The number of carbonyl (C=O) groups is 1. The van der Waals surface area contributed by atoms with E-state index in [9.17, 15) is 4.79 Å². The van der Waals surface area contributed by atoms with E-state index in [1.165, 1.54) is 19.3 Å². The van der Waals surface area contributed by atoms with E-state index in [-0.39, 0.29) is 0 Å². The number of unbranched alkanes of at least 4 members (excludes halogenated alkanes) is 4. The SMILES string of the molecule is CCC(=O)CCCC=CCCCCCc1cnccn1. The molecule has 0 spiro atoms. The standard InChI is InChI=1S/C17H26N2O/c1-2-17(20)12-10-8-6-4-3-5-7-9-11-16-15-18-13-14-19-16/h4,6,13-15H,2-3,5,7-12H2,1H3. The second-order valence-corrected chi connectivity index (χ2v) is 5.05. The molecule has 0 aromatic carbocycles. The van der Waals surface area contributed by atoms with Crippen LogP contribution in [0.2, 0.25) is 0 Å². The molecule has 3 nitrogen and oxygen atoms in total. The van der Waals surface area contributed by atoms with E-state index in [2.05, 4.69) is 22.1 Å². The monoisotopic (exact) mass is 274 g/mol. The number of aromatic nitrogens is 2. The number of aryl methyl sites for hydroxylation is 1. The van der Waals surface area contributed by atoms with Crippen molar-refractivity contribution in [3.05, 3.63) is 36.4 Å². The maximum absolute atomic E-state index is 11.1. The van der Waals surface area contributed by atoms with Crippen LogP contribution in [0.25, 0.3) is 0 Å². The van der Waals surface area contributed by atoms with Crippen molar-refractivity contribution in [2.24, 2.45) is 0 Å². The van der Waals surface area contributed by atoms with Crippen LogP contribution in [0.5, 0.6) is 0 Å².